The summed E-state index contributed by atoms with van der Waals surface area (Å²) < 4.78 is 5.95. The van der Waals surface area contributed by atoms with Crippen LogP contribution in [0.2, 0.25) is 0 Å². The minimum atomic E-state index is -1.38. The van der Waals surface area contributed by atoms with E-state index in [1.165, 1.54) is 4.90 Å². The summed E-state index contributed by atoms with van der Waals surface area (Å²) in [7, 11) is 0. The van der Waals surface area contributed by atoms with E-state index in [0.717, 1.165) is 27.2 Å². The van der Waals surface area contributed by atoms with E-state index in [-0.39, 0.29) is 24.0 Å². The first kappa shape index (κ1) is 33.7. The fourth-order valence-electron chi connectivity index (χ4n) is 9.79. The maximum absolute atomic E-state index is 15.3. The largest absolute Gasteiger partial charge is 0.508 e. The molecule has 6 atom stereocenters. The van der Waals surface area contributed by atoms with Gasteiger partial charge in [-0.05, 0) is 97.5 Å². The number of allylic oxidation sites excluding steroid dienone is 2. The topological polar surface area (TPSA) is 133 Å². The Morgan fingerprint density at radius 3 is 2.21 bits per heavy atom. The molecule has 10 heteroatoms. The monoisotopic (exact) mass is 740 g/mol. The standard InChI is InChI=1S/C46H36N4O6/c1-26-11-17-30(18-12-26)48-50-43(53)36-25-35-33(40(27-15-21-32(51)22-16-27)46(36,45(50)55)29-7-3-2-4-8-29)23-24-34-39(35)44(54)49(42(34)52)31-19-13-28(14-20-31)41-47-37-9-5-6-10-38(37)56-41/h2-23,34-36,39-40,48,51H,24-25H2,1H3. The van der Waals surface area contributed by atoms with Crippen molar-refractivity contribution < 1.29 is 28.7 Å². The summed E-state index contributed by atoms with van der Waals surface area (Å²) >= 11 is 0. The van der Waals surface area contributed by atoms with E-state index >= 15 is 4.79 Å². The molecular formula is C46H36N4O6. The lowest BCUT2D eigenvalue weighted by atomic mass is 9.49. The van der Waals surface area contributed by atoms with Gasteiger partial charge >= 0.3 is 0 Å². The minimum absolute atomic E-state index is 0.0647. The van der Waals surface area contributed by atoms with Crippen LogP contribution in [0, 0.1) is 30.6 Å². The second kappa shape index (κ2) is 12.6. The van der Waals surface area contributed by atoms with Gasteiger partial charge in [-0.15, -0.1) is 0 Å². The Kier molecular flexibility index (Phi) is 7.61. The van der Waals surface area contributed by atoms with E-state index in [9.17, 15) is 19.5 Å². The predicted molar refractivity (Wildman–Crippen MR) is 209 cm³/mol. The summed E-state index contributed by atoms with van der Waals surface area (Å²) in [5, 5.41) is 11.5. The number of phenolic OH excluding ortho intramolecular Hbond substituents is 1. The van der Waals surface area contributed by atoms with Crippen LogP contribution in [0.3, 0.4) is 0 Å². The summed E-state index contributed by atoms with van der Waals surface area (Å²) in [4.78, 5) is 65.0. The Bertz CT molecular complexity index is 2570. The molecule has 6 unspecified atom stereocenters. The van der Waals surface area contributed by atoms with Crippen LogP contribution in [-0.4, -0.2) is 38.7 Å². The van der Waals surface area contributed by atoms with Crippen molar-refractivity contribution in [3.05, 3.63) is 156 Å². The van der Waals surface area contributed by atoms with Gasteiger partial charge in [0.15, 0.2) is 5.58 Å². The fraction of sp³-hybridized carbons (Fsp3) is 0.196. The minimum Gasteiger partial charge on any atom is -0.508 e. The number of benzene rings is 5. The van der Waals surface area contributed by atoms with Gasteiger partial charge in [-0.1, -0.05) is 83.9 Å². The molecule has 276 valence electrons. The number of hydrazine groups is 1. The second-order valence-electron chi connectivity index (χ2n) is 15.2. The zero-order chi connectivity index (χ0) is 38.3. The zero-order valence-electron chi connectivity index (χ0n) is 30.3. The number of aryl methyl sites for hydroxylation is 1. The van der Waals surface area contributed by atoms with Crippen LogP contribution in [-0.2, 0) is 24.6 Å². The molecule has 0 bridgehead atoms. The molecule has 2 saturated heterocycles. The third-order valence-corrected chi connectivity index (χ3v) is 12.3. The maximum Gasteiger partial charge on any atom is 0.260 e. The third-order valence-electron chi connectivity index (χ3n) is 12.3. The summed E-state index contributed by atoms with van der Waals surface area (Å²) in [6.45, 7) is 1.96. The Morgan fingerprint density at radius 2 is 1.48 bits per heavy atom. The molecule has 5 aromatic carbocycles. The lowest BCUT2D eigenvalue weighted by Gasteiger charge is -2.50. The molecule has 10 nitrogen and oxygen atoms in total. The molecule has 2 N–H and O–H groups in total. The first-order valence-corrected chi connectivity index (χ1v) is 18.8. The highest BCUT2D eigenvalue weighted by Gasteiger charge is 2.70. The van der Waals surface area contributed by atoms with Gasteiger partial charge in [0, 0.05) is 11.5 Å². The number of aromatic hydroxyl groups is 1. The SMILES string of the molecule is Cc1ccc(NN2C(=O)C3CC4C(=CCC5C(=O)N(c6ccc(-c7nc8ccccc8o7)cc6)C(=O)C54)C(c4ccc(O)cc4)C3(c3ccccc3)C2=O)cc1. The van der Waals surface area contributed by atoms with Crippen LogP contribution in [0.25, 0.3) is 22.6 Å². The molecule has 56 heavy (non-hydrogen) atoms. The van der Waals surface area contributed by atoms with Gasteiger partial charge in [0.2, 0.25) is 17.7 Å². The van der Waals surface area contributed by atoms with Gasteiger partial charge in [-0.3, -0.25) is 29.5 Å². The number of para-hydroxylation sites is 2. The van der Waals surface area contributed by atoms with Gasteiger partial charge in [0.1, 0.15) is 11.3 Å². The lowest BCUT2D eigenvalue weighted by molar-refractivity contribution is -0.138. The molecule has 2 aliphatic carbocycles. The molecule has 0 radical (unpaired) electrons. The third kappa shape index (κ3) is 4.91. The molecule has 3 heterocycles. The fourth-order valence-corrected chi connectivity index (χ4v) is 9.79. The van der Waals surface area contributed by atoms with E-state index < -0.39 is 46.8 Å². The number of anilines is 2. The summed E-state index contributed by atoms with van der Waals surface area (Å²) in [6, 6.07) is 38.2. The number of hydrogen-bond acceptors (Lipinski definition) is 8. The number of rotatable bonds is 6. The van der Waals surface area contributed by atoms with Crippen molar-refractivity contribution in [2.75, 3.05) is 10.3 Å². The molecule has 4 aliphatic rings. The number of nitrogens with zero attached hydrogens (tertiary/aromatic N) is 3. The van der Waals surface area contributed by atoms with Crippen molar-refractivity contribution >= 4 is 46.1 Å². The van der Waals surface area contributed by atoms with Gasteiger partial charge in [-0.25, -0.2) is 4.98 Å². The van der Waals surface area contributed by atoms with E-state index in [0.29, 0.717) is 40.4 Å². The molecule has 1 saturated carbocycles. The number of amides is 4. The van der Waals surface area contributed by atoms with Crippen molar-refractivity contribution in [2.45, 2.75) is 31.1 Å². The first-order valence-electron chi connectivity index (χ1n) is 18.8. The van der Waals surface area contributed by atoms with Crippen molar-refractivity contribution in [3.63, 3.8) is 0 Å². The highest BCUT2D eigenvalue weighted by Crippen LogP contribution is 2.64. The average Bonchev–Trinajstić information content (AvgIpc) is 3.84. The number of hydrogen-bond donors (Lipinski definition) is 2. The van der Waals surface area contributed by atoms with E-state index in [1.807, 2.05) is 91.9 Å². The number of carbonyl (C=O) groups excluding carboxylic acids is 4. The number of nitrogens with one attached hydrogen (secondary N) is 1. The maximum atomic E-state index is 15.3. The van der Waals surface area contributed by atoms with E-state index in [2.05, 4.69) is 10.4 Å². The number of imide groups is 2. The van der Waals surface area contributed by atoms with Gasteiger partial charge in [0.05, 0.1) is 34.5 Å². The quantitative estimate of drug-likeness (QED) is 0.131. The van der Waals surface area contributed by atoms with Crippen LogP contribution in [0.15, 0.2) is 143 Å². The number of aromatic nitrogens is 1. The predicted octanol–water partition coefficient (Wildman–Crippen LogP) is 7.70. The number of carbonyl (C=O) groups is 4. The molecule has 1 aromatic heterocycles. The molecule has 4 amide bonds. The Labute approximate surface area is 322 Å². The molecule has 2 aliphatic heterocycles. The van der Waals surface area contributed by atoms with Crippen LogP contribution in [0.4, 0.5) is 11.4 Å². The molecule has 3 fully saturated rings. The second-order valence-corrected chi connectivity index (χ2v) is 15.2. The van der Waals surface area contributed by atoms with Crippen molar-refractivity contribution in [1.29, 1.82) is 0 Å². The highest BCUT2D eigenvalue weighted by atomic mass is 16.3. The van der Waals surface area contributed by atoms with Crippen molar-refractivity contribution in [3.8, 4) is 17.2 Å². The normalized spacial score (nSPS) is 25.6. The Balaban J connectivity index is 1.06. The van der Waals surface area contributed by atoms with E-state index in [4.69, 9.17) is 4.42 Å². The Morgan fingerprint density at radius 1 is 0.768 bits per heavy atom. The van der Waals surface area contributed by atoms with E-state index in [1.54, 1.807) is 48.5 Å². The van der Waals surface area contributed by atoms with Crippen LogP contribution >= 0.6 is 0 Å². The highest BCUT2D eigenvalue weighted by molar-refractivity contribution is 6.22. The van der Waals surface area contributed by atoms with Gasteiger partial charge in [-0.2, -0.15) is 5.01 Å². The number of phenols is 1. The number of fused-ring (bicyclic) bond motifs is 5. The molecule has 10 rings (SSSR count). The summed E-state index contributed by atoms with van der Waals surface area (Å²) in [5.74, 6) is -4.34. The molecule has 6 aromatic rings. The molecular weight excluding hydrogens is 705 g/mol. The zero-order valence-corrected chi connectivity index (χ0v) is 30.3. The summed E-state index contributed by atoms with van der Waals surface area (Å²) in [6.07, 6.45) is 2.52. The smallest absolute Gasteiger partial charge is 0.260 e. The summed E-state index contributed by atoms with van der Waals surface area (Å²) in [5.41, 5.74) is 8.18. The number of oxazole rings is 1. The van der Waals surface area contributed by atoms with Crippen LogP contribution in [0.5, 0.6) is 5.75 Å². The van der Waals surface area contributed by atoms with Crippen molar-refractivity contribution in [1.82, 2.24) is 9.99 Å². The lowest BCUT2D eigenvalue weighted by Crippen LogP contribution is -2.53. The van der Waals surface area contributed by atoms with Crippen molar-refractivity contribution in [2.24, 2.45) is 23.7 Å². The first-order chi connectivity index (χ1) is 27.2. The Hall–Kier alpha value is -6.81. The molecule has 0 spiro atoms. The van der Waals surface area contributed by atoms with Crippen LogP contribution < -0.4 is 10.3 Å². The van der Waals surface area contributed by atoms with Crippen LogP contribution in [0.1, 0.15) is 35.4 Å². The van der Waals surface area contributed by atoms with Gasteiger partial charge in [0.25, 0.3) is 11.8 Å². The van der Waals surface area contributed by atoms with Gasteiger partial charge < -0.3 is 9.52 Å². The average molecular weight is 741 g/mol.